The van der Waals surface area contributed by atoms with E-state index in [4.69, 9.17) is 4.74 Å². The summed E-state index contributed by atoms with van der Waals surface area (Å²) >= 11 is 1.88. The lowest BCUT2D eigenvalue weighted by Crippen LogP contribution is -2.49. The maximum atomic E-state index is 13.3. The molecule has 3 rings (SSSR count). The average molecular weight is 385 g/mol. The molecule has 0 unspecified atom stereocenters. The summed E-state index contributed by atoms with van der Waals surface area (Å²) in [6.45, 7) is 3.63. The van der Waals surface area contributed by atoms with E-state index < -0.39 is 10.0 Å². The summed E-state index contributed by atoms with van der Waals surface area (Å²) in [5.74, 6) is 2.48. The molecule has 1 atom stereocenters. The number of benzene rings is 1. The fraction of sp³-hybridized carbons (Fsp3) is 0.667. The van der Waals surface area contributed by atoms with Crippen LogP contribution in [0.1, 0.15) is 25.7 Å². The Morgan fingerprint density at radius 3 is 2.72 bits per heavy atom. The highest BCUT2D eigenvalue weighted by atomic mass is 32.2. The molecule has 0 aromatic heterocycles. The molecule has 2 aliphatic heterocycles. The summed E-state index contributed by atoms with van der Waals surface area (Å²) in [7, 11) is -1.94. The SMILES string of the molecule is COc1cccc(S(=O)(=O)N2CCCSC[C@H]2CN2CCCCC2)c1. The van der Waals surface area contributed by atoms with E-state index in [0.717, 1.165) is 37.6 Å². The van der Waals surface area contributed by atoms with Crippen molar-refractivity contribution in [1.82, 2.24) is 9.21 Å². The van der Waals surface area contributed by atoms with Gasteiger partial charge in [0.05, 0.1) is 12.0 Å². The third-order valence-electron chi connectivity index (χ3n) is 4.95. The van der Waals surface area contributed by atoms with Crippen LogP contribution < -0.4 is 4.74 Å². The Labute approximate surface area is 155 Å². The second-order valence-electron chi connectivity index (χ2n) is 6.74. The van der Waals surface area contributed by atoms with Crippen LogP contribution in [0.4, 0.5) is 0 Å². The van der Waals surface area contributed by atoms with Crippen molar-refractivity contribution in [3.8, 4) is 5.75 Å². The van der Waals surface area contributed by atoms with Gasteiger partial charge in [-0.2, -0.15) is 16.1 Å². The van der Waals surface area contributed by atoms with Crippen molar-refractivity contribution in [1.29, 1.82) is 0 Å². The number of sulfonamides is 1. The highest BCUT2D eigenvalue weighted by molar-refractivity contribution is 7.99. The van der Waals surface area contributed by atoms with E-state index in [1.807, 2.05) is 11.8 Å². The maximum absolute atomic E-state index is 13.3. The van der Waals surface area contributed by atoms with Crippen LogP contribution in [-0.4, -0.2) is 68.5 Å². The molecule has 0 saturated carbocycles. The van der Waals surface area contributed by atoms with Crippen LogP contribution in [0.15, 0.2) is 29.2 Å². The number of methoxy groups -OCH3 is 1. The van der Waals surface area contributed by atoms with Crippen LogP contribution >= 0.6 is 11.8 Å². The first-order valence-electron chi connectivity index (χ1n) is 9.07. The molecule has 2 fully saturated rings. The predicted molar refractivity (Wildman–Crippen MR) is 103 cm³/mol. The largest absolute Gasteiger partial charge is 0.497 e. The van der Waals surface area contributed by atoms with E-state index in [9.17, 15) is 8.42 Å². The zero-order valence-corrected chi connectivity index (χ0v) is 16.5. The van der Waals surface area contributed by atoms with Gasteiger partial charge in [-0.1, -0.05) is 12.5 Å². The molecular weight excluding hydrogens is 356 g/mol. The molecule has 140 valence electrons. The van der Waals surface area contributed by atoms with Gasteiger partial charge in [-0.05, 0) is 50.2 Å². The molecule has 0 amide bonds. The summed E-state index contributed by atoms with van der Waals surface area (Å²) < 4.78 is 33.6. The molecule has 25 heavy (non-hydrogen) atoms. The van der Waals surface area contributed by atoms with Crippen LogP contribution in [0, 0.1) is 0 Å². The number of likely N-dealkylation sites (tertiary alicyclic amines) is 1. The van der Waals surface area contributed by atoms with Gasteiger partial charge in [0, 0.05) is 31.0 Å². The molecule has 2 aliphatic rings. The fourth-order valence-electron chi connectivity index (χ4n) is 3.60. The molecule has 0 N–H and O–H groups in total. The first-order valence-corrected chi connectivity index (χ1v) is 11.7. The number of rotatable bonds is 5. The second-order valence-corrected chi connectivity index (χ2v) is 9.78. The summed E-state index contributed by atoms with van der Waals surface area (Å²) in [4.78, 5) is 2.77. The molecule has 5 nitrogen and oxygen atoms in total. The highest BCUT2D eigenvalue weighted by Crippen LogP contribution is 2.27. The van der Waals surface area contributed by atoms with Crippen molar-refractivity contribution in [3.63, 3.8) is 0 Å². The van der Waals surface area contributed by atoms with Crippen LogP contribution in [0.2, 0.25) is 0 Å². The van der Waals surface area contributed by atoms with Gasteiger partial charge in [-0.25, -0.2) is 8.42 Å². The van der Waals surface area contributed by atoms with E-state index in [0.29, 0.717) is 17.2 Å². The van der Waals surface area contributed by atoms with E-state index >= 15 is 0 Å². The molecule has 0 radical (unpaired) electrons. The zero-order chi connectivity index (χ0) is 17.7. The van der Waals surface area contributed by atoms with Crippen LogP contribution in [0.3, 0.4) is 0 Å². The van der Waals surface area contributed by atoms with Crippen molar-refractivity contribution in [2.75, 3.05) is 44.8 Å². The number of ether oxygens (including phenoxy) is 1. The van der Waals surface area contributed by atoms with Gasteiger partial charge in [0.1, 0.15) is 5.75 Å². The fourth-order valence-corrected chi connectivity index (χ4v) is 6.45. The number of piperidine rings is 1. The van der Waals surface area contributed by atoms with Gasteiger partial charge in [-0.15, -0.1) is 0 Å². The Balaban J connectivity index is 1.83. The minimum absolute atomic E-state index is 0.0433. The Morgan fingerprint density at radius 1 is 1.16 bits per heavy atom. The Hall–Kier alpha value is -0.760. The number of hydrogen-bond donors (Lipinski definition) is 0. The summed E-state index contributed by atoms with van der Waals surface area (Å²) in [6, 6.07) is 6.88. The number of nitrogens with zero attached hydrogens (tertiary/aromatic N) is 2. The first-order chi connectivity index (χ1) is 12.1. The van der Waals surface area contributed by atoms with Gasteiger partial charge in [0.15, 0.2) is 0 Å². The lowest BCUT2D eigenvalue weighted by Gasteiger charge is -2.35. The van der Waals surface area contributed by atoms with Gasteiger partial charge < -0.3 is 9.64 Å². The summed E-state index contributed by atoms with van der Waals surface area (Å²) in [6.07, 6.45) is 4.65. The van der Waals surface area contributed by atoms with Crippen molar-refractivity contribution < 1.29 is 13.2 Å². The van der Waals surface area contributed by atoms with Gasteiger partial charge in [0.25, 0.3) is 0 Å². The number of thioether (sulfide) groups is 1. The molecule has 1 aromatic rings. The van der Waals surface area contributed by atoms with Crippen molar-refractivity contribution in [2.45, 2.75) is 36.6 Å². The average Bonchev–Trinajstić information content (AvgIpc) is 2.88. The molecule has 0 spiro atoms. The summed E-state index contributed by atoms with van der Waals surface area (Å²) in [5.41, 5.74) is 0. The highest BCUT2D eigenvalue weighted by Gasteiger charge is 2.34. The van der Waals surface area contributed by atoms with Crippen LogP contribution in [0.25, 0.3) is 0 Å². The van der Waals surface area contributed by atoms with E-state index in [1.165, 1.54) is 19.3 Å². The maximum Gasteiger partial charge on any atom is 0.243 e. The standard InChI is InChI=1S/C18H28N2O3S2/c1-23-17-7-5-8-18(13-17)25(21,22)20-11-6-12-24-15-16(20)14-19-9-3-2-4-10-19/h5,7-8,13,16H,2-4,6,9-12,14-15H2,1H3/t16-/m1/s1. The third-order valence-corrected chi connectivity index (χ3v) is 8.10. The Morgan fingerprint density at radius 2 is 1.96 bits per heavy atom. The molecule has 2 saturated heterocycles. The zero-order valence-electron chi connectivity index (χ0n) is 14.9. The predicted octanol–water partition coefficient (Wildman–Crippen LogP) is 2.68. The molecule has 0 aliphatic carbocycles. The second kappa shape index (κ2) is 8.75. The molecule has 1 aromatic carbocycles. The molecule has 0 bridgehead atoms. The Kier molecular flexibility index (Phi) is 6.66. The lowest BCUT2D eigenvalue weighted by atomic mass is 10.1. The summed E-state index contributed by atoms with van der Waals surface area (Å²) in [5, 5.41) is 0. The Bertz CT molecular complexity index is 660. The van der Waals surface area contributed by atoms with Gasteiger partial charge >= 0.3 is 0 Å². The van der Waals surface area contributed by atoms with Gasteiger partial charge in [0.2, 0.25) is 10.0 Å². The normalized spacial score (nSPS) is 24.0. The quantitative estimate of drug-likeness (QED) is 0.781. The van der Waals surface area contributed by atoms with Crippen LogP contribution in [0.5, 0.6) is 5.75 Å². The molecular formula is C18H28N2O3S2. The van der Waals surface area contributed by atoms with E-state index in [-0.39, 0.29) is 6.04 Å². The first kappa shape index (κ1) is 19.0. The smallest absolute Gasteiger partial charge is 0.243 e. The minimum atomic E-state index is -3.50. The van der Waals surface area contributed by atoms with Crippen LogP contribution in [-0.2, 0) is 10.0 Å². The minimum Gasteiger partial charge on any atom is -0.497 e. The van der Waals surface area contributed by atoms with Crippen molar-refractivity contribution >= 4 is 21.8 Å². The van der Waals surface area contributed by atoms with Crippen molar-refractivity contribution in [2.24, 2.45) is 0 Å². The van der Waals surface area contributed by atoms with Gasteiger partial charge in [-0.3, -0.25) is 0 Å². The monoisotopic (exact) mass is 384 g/mol. The lowest BCUT2D eigenvalue weighted by molar-refractivity contribution is 0.183. The number of hydrogen-bond acceptors (Lipinski definition) is 5. The van der Waals surface area contributed by atoms with E-state index in [1.54, 1.807) is 35.7 Å². The van der Waals surface area contributed by atoms with E-state index in [2.05, 4.69) is 4.90 Å². The molecule has 2 heterocycles. The topological polar surface area (TPSA) is 49.9 Å². The van der Waals surface area contributed by atoms with Crippen molar-refractivity contribution in [3.05, 3.63) is 24.3 Å². The third kappa shape index (κ3) is 4.70. The molecule has 7 heteroatoms.